The number of piperidine rings is 1. The molecule has 0 aliphatic carbocycles. The van der Waals surface area contributed by atoms with Crippen LogP contribution >= 0.6 is 0 Å². The van der Waals surface area contributed by atoms with Gasteiger partial charge >= 0.3 is 18.7 Å². The van der Waals surface area contributed by atoms with E-state index in [-0.39, 0.29) is 17.1 Å². The maximum Gasteiger partial charge on any atom is 0.573 e. The standard InChI is InChI=1S/C31H27F6N3O4/c32-30(33,34)43-26-10-4-22(5-11-26)29(41,23-6-12-27(13-7-23)44-31(35,36)37)24-14-18-40(19-15-24)20-21-2-8-25(9-3-21)42-28-38-16-1-17-39-28/h1-13,16-17,24,41H,14-15,18-20H2. The van der Waals surface area contributed by atoms with E-state index in [0.29, 0.717) is 38.2 Å². The van der Waals surface area contributed by atoms with Gasteiger partial charge in [-0.15, -0.1) is 26.3 Å². The summed E-state index contributed by atoms with van der Waals surface area (Å²) in [5, 5.41) is 12.2. The smallest absolute Gasteiger partial charge is 0.424 e. The molecule has 1 fully saturated rings. The maximum atomic E-state index is 12.7. The molecule has 0 saturated carbocycles. The predicted octanol–water partition coefficient (Wildman–Crippen LogP) is 7.21. The fourth-order valence-corrected chi connectivity index (χ4v) is 5.33. The lowest BCUT2D eigenvalue weighted by Gasteiger charge is -2.42. The van der Waals surface area contributed by atoms with Crippen LogP contribution in [-0.4, -0.2) is 45.8 Å². The number of halogens is 6. The molecular weight excluding hydrogens is 592 g/mol. The van der Waals surface area contributed by atoms with Crippen LogP contribution in [-0.2, 0) is 12.1 Å². The number of aliphatic hydroxyl groups is 1. The van der Waals surface area contributed by atoms with E-state index in [9.17, 15) is 31.4 Å². The van der Waals surface area contributed by atoms with Gasteiger partial charge in [-0.25, -0.2) is 9.97 Å². The maximum absolute atomic E-state index is 12.7. The zero-order valence-corrected chi connectivity index (χ0v) is 23.1. The van der Waals surface area contributed by atoms with Crippen LogP contribution in [0.15, 0.2) is 91.3 Å². The highest BCUT2D eigenvalue weighted by Gasteiger charge is 2.42. The Kier molecular flexibility index (Phi) is 8.97. The third-order valence-electron chi connectivity index (χ3n) is 7.32. The van der Waals surface area contributed by atoms with Crippen LogP contribution in [0.5, 0.6) is 23.3 Å². The van der Waals surface area contributed by atoms with Crippen LogP contribution in [0, 0.1) is 5.92 Å². The number of benzene rings is 3. The highest BCUT2D eigenvalue weighted by molar-refractivity contribution is 5.42. The van der Waals surface area contributed by atoms with Crippen molar-refractivity contribution >= 4 is 0 Å². The van der Waals surface area contributed by atoms with E-state index >= 15 is 0 Å². The molecule has 1 aliphatic heterocycles. The van der Waals surface area contributed by atoms with Crippen LogP contribution in [0.1, 0.15) is 29.5 Å². The Hall–Kier alpha value is -4.36. The summed E-state index contributed by atoms with van der Waals surface area (Å²) in [6.45, 7) is 1.81. The molecule has 1 saturated heterocycles. The van der Waals surface area contributed by atoms with E-state index in [0.717, 1.165) is 29.8 Å². The minimum absolute atomic E-state index is 0.236. The minimum Gasteiger partial charge on any atom is -0.424 e. The second-order valence-electron chi connectivity index (χ2n) is 10.2. The van der Waals surface area contributed by atoms with Crippen molar-refractivity contribution in [1.82, 2.24) is 14.9 Å². The summed E-state index contributed by atoms with van der Waals surface area (Å²) in [5.74, 6) is -0.730. The molecule has 5 rings (SSSR count). The number of hydrogen-bond acceptors (Lipinski definition) is 7. The summed E-state index contributed by atoms with van der Waals surface area (Å²) in [6, 6.07) is 19.1. The number of hydrogen-bond donors (Lipinski definition) is 1. The summed E-state index contributed by atoms with van der Waals surface area (Å²) < 4.78 is 89.8. The van der Waals surface area contributed by atoms with Gasteiger partial charge in [0.2, 0.25) is 0 Å². The summed E-state index contributed by atoms with van der Waals surface area (Å²) >= 11 is 0. The Labute approximate surface area is 248 Å². The van der Waals surface area contributed by atoms with Gasteiger partial charge in [0.05, 0.1) is 0 Å². The van der Waals surface area contributed by atoms with Crippen molar-refractivity contribution in [2.75, 3.05) is 13.1 Å². The molecule has 44 heavy (non-hydrogen) atoms. The van der Waals surface area contributed by atoms with E-state index in [1.54, 1.807) is 18.5 Å². The number of ether oxygens (including phenoxy) is 3. The van der Waals surface area contributed by atoms with Gasteiger partial charge < -0.3 is 19.3 Å². The number of alkyl halides is 6. The molecular formula is C31H27F6N3O4. The average Bonchev–Trinajstić information content (AvgIpc) is 2.98. The minimum atomic E-state index is -4.89. The summed E-state index contributed by atoms with van der Waals surface area (Å²) in [6.07, 6.45) is -5.60. The zero-order chi connectivity index (χ0) is 31.4. The topological polar surface area (TPSA) is 76.9 Å². The molecule has 0 atom stereocenters. The fourth-order valence-electron chi connectivity index (χ4n) is 5.33. The summed E-state index contributed by atoms with van der Waals surface area (Å²) in [4.78, 5) is 10.3. The second kappa shape index (κ2) is 12.7. The summed E-state index contributed by atoms with van der Waals surface area (Å²) in [7, 11) is 0. The lowest BCUT2D eigenvalue weighted by atomic mass is 9.72. The SMILES string of the molecule is OC(c1ccc(OC(F)(F)F)cc1)(c1ccc(OC(F)(F)F)cc1)C1CCN(Cc2ccc(Oc3ncccn3)cc2)CC1. The van der Waals surface area contributed by atoms with Crippen LogP contribution in [0.2, 0.25) is 0 Å². The molecule has 0 unspecified atom stereocenters. The molecule has 3 aromatic carbocycles. The number of aromatic nitrogens is 2. The van der Waals surface area contributed by atoms with E-state index in [1.807, 2.05) is 24.3 Å². The first-order valence-corrected chi connectivity index (χ1v) is 13.6. The molecule has 4 aromatic rings. The van der Waals surface area contributed by atoms with Gasteiger partial charge in [-0.1, -0.05) is 36.4 Å². The number of nitrogens with zero attached hydrogens (tertiary/aromatic N) is 3. The van der Waals surface area contributed by atoms with Crippen molar-refractivity contribution in [2.45, 2.75) is 37.7 Å². The molecule has 2 heterocycles. The molecule has 1 aromatic heterocycles. The summed E-state index contributed by atoms with van der Waals surface area (Å²) in [5.41, 5.74) is -0.112. The molecule has 0 spiro atoms. The van der Waals surface area contributed by atoms with Gasteiger partial charge in [0.1, 0.15) is 22.8 Å². The van der Waals surface area contributed by atoms with Crippen LogP contribution in [0.4, 0.5) is 26.3 Å². The first kappa shape index (κ1) is 31.1. The Morgan fingerprint density at radius 3 is 1.59 bits per heavy atom. The van der Waals surface area contributed by atoms with Gasteiger partial charge in [-0.2, -0.15) is 0 Å². The lowest BCUT2D eigenvalue weighted by molar-refractivity contribution is -0.275. The van der Waals surface area contributed by atoms with E-state index < -0.39 is 35.7 Å². The van der Waals surface area contributed by atoms with Crippen LogP contribution in [0.25, 0.3) is 0 Å². The Morgan fingerprint density at radius 1 is 0.682 bits per heavy atom. The zero-order valence-electron chi connectivity index (χ0n) is 23.1. The lowest BCUT2D eigenvalue weighted by Crippen LogP contribution is -2.44. The molecule has 1 N–H and O–H groups in total. The van der Waals surface area contributed by atoms with Crippen LogP contribution in [0.3, 0.4) is 0 Å². The Morgan fingerprint density at radius 2 is 1.14 bits per heavy atom. The van der Waals surface area contributed by atoms with Gasteiger partial charge in [0.15, 0.2) is 0 Å². The third kappa shape index (κ3) is 7.97. The molecule has 13 heteroatoms. The first-order chi connectivity index (χ1) is 20.9. The van der Waals surface area contributed by atoms with E-state index in [2.05, 4.69) is 24.3 Å². The van der Waals surface area contributed by atoms with E-state index in [1.165, 1.54) is 24.3 Å². The molecule has 0 bridgehead atoms. The molecule has 0 radical (unpaired) electrons. The average molecular weight is 620 g/mol. The van der Waals surface area contributed by atoms with E-state index in [4.69, 9.17) is 4.74 Å². The Balaban J connectivity index is 1.30. The van der Waals surface area contributed by atoms with Crippen molar-refractivity contribution in [3.63, 3.8) is 0 Å². The van der Waals surface area contributed by atoms with Crippen molar-refractivity contribution < 1.29 is 45.7 Å². The Bertz CT molecular complexity index is 1430. The fraction of sp³-hybridized carbons (Fsp3) is 0.290. The van der Waals surface area contributed by atoms with Gasteiger partial charge in [0.25, 0.3) is 0 Å². The largest absolute Gasteiger partial charge is 0.573 e. The highest BCUT2D eigenvalue weighted by atomic mass is 19.4. The van der Waals surface area contributed by atoms with Gasteiger partial charge in [-0.05, 0) is 91.0 Å². The third-order valence-corrected chi connectivity index (χ3v) is 7.32. The monoisotopic (exact) mass is 619 g/mol. The number of likely N-dealkylation sites (tertiary alicyclic amines) is 1. The first-order valence-electron chi connectivity index (χ1n) is 13.6. The predicted molar refractivity (Wildman–Crippen MR) is 146 cm³/mol. The molecule has 7 nitrogen and oxygen atoms in total. The molecule has 232 valence electrons. The number of rotatable bonds is 9. The van der Waals surface area contributed by atoms with Gasteiger partial charge in [0, 0.05) is 18.9 Å². The highest BCUT2D eigenvalue weighted by Crippen LogP contribution is 2.43. The van der Waals surface area contributed by atoms with Crippen molar-refractivity contribution in [3.8, 4) is 23.3 Å². The van der Waals surface area contributed by atoms with Crippen LogP contribution < -0.4 is 14.2 Å². The second-order valence-corrected chi connectivity index (χ2v) is 10.2. The van der Waals surface area contributed by atoms with Crippen molar-refractivity contribution in [3.05, 3.63) is 108 Å². The van der Waals surface area contributed by atoms with Gasteiger partial charge in [-0.3, -0.25) is 4.90 Å². The molecule has 0 amide bonds. The van der Waals surface area contributed by atoms with Crippen molar-refractivity contribution in [1.29, 1.82) is 0 Å². The van der Waals surface area contributed by atoms with Crippen molar-refractivity contribution in [2.24, 2.45) is 5.92 Å². The quantitative estimate of drug-likeness (QED) is 0.198. The molecule has 1 aliphatic rings. The normalized spacial score (nSPS) is 15.2.